The van der Waals surface area contributed by atoms with E-state index in [0.717, 1.165) is 63.6 Å². The average Bonchev–Trinajstić information content (AvgIpc) is 3.11. The van der Waals surface area contributed by atoms with Crippen LogP contribution in [0.5, 0.6) is 0 Å². The van der Waals surface area contributed by atoms with Crippen LogP contribution in [0.1, 0.15) is 37.1 Å². The molecule has 0 atom stereocenters. The topological polar surface area (TPSA) is 45.5 Å². The van der Waals surface area contributed by atoms with E-state index in [1.807, 2.05) is 13.2 Å². The first-order valence-electron chi connectivity index (χ1n) is 9.94. The van der Waals surface area contributed by atoms with Gasteiger partial charge in [0.1, 0.15) is 5.82 Å². The Morgan fingerprint density at radius 3 is 2.57 bits per heavy atom. The number of nitrogens with zero attached hydrogens (tertiary/aromatic N) is 4. The van der Waals surface area contributed by atoms with Crippen molar-refractivity contribution in [2.45, 2.75) is 39.2 Å². The molecule has 3 rings (SSSR count). The first kappa shape index (κ1) is 22.5. The van der Waals surface area contributed by atoms with Crippen LogP contribution in [-0.2, 0) is 6.54 Å². The molecule has 1 aliphatic heterocycles. The number of aryl methyl sites for hydroxylation is 2. The quantitative estimate of drug-likeness (QED) is 0.282. The molecule has 6 heteroatoms. The van der Waals surface area contributed by atoms with Crippen molar-refractivity contribution in [3.05, 3.63) is 59.7 Å². The molecule has 2 heterocycles. The molecule has 0 amide bonds. The van der Waals surface area contributed by atoms with Gasteiger partial charge in [-0.25, -0.2) is 4.98 Å². The highest BCUT2D eigenvalue weighted by Crippen LogP contribution is 2.19. The summed E-state index contributed by atoms with van der Waals surface area (Å²) in [4.78, 5) is 11.1. The summed E-state index contributed by atoms with van der Waals surface area (Å²) in [6.07, 6.45) is 10.7. The second-order valence-electron chi connectivity index (χ2n) is 7.05. The lowest BCUT2D eigenvalue weighted by Crippen LogP contribution is -2.44. The molecular weight excluding hydrogens is 461 g/mol. The van der Waals surface area contributed by atoms with E-state index in [4.69, 9.17) is 0 Å². The predicted molar refractivity (Wildman–Crippen MR) is 128 cm³/mol. The van der Waals surface area contributed by atoms with Gasteiger partial charge >= 0.3 is 0 Å². The summed E-state index contributed by atoms with van der Waals surface area (Å²) in [7, 11) is 1.88. The summed E-state index contributed by atoms with van der Waals surface area (Å²) in [5.41, 5.74) is 2.83. The maximum Gasteiger partial charge on any atom is 0.193 e. The lowest BCUT2D eigenvalue weighted by atomic mass is 10.0. The summed E-state index contributed by atoms with van der Waals surface area (Å²) < 4.78 is 2.21. The molecule has 152 valence electrons. The molecule has 28 heavy (non-hydrogen) atoms. The Morgan fingerprint density at radius 1 is 1.18 bits per heavy atom. The van der Waals surface area contributed by atoms with Crippen LogP contribution in [0.25, 0.3) is 6.08 Å². The number of likely N-dealkylation sites (tertiary alicyclic amines) is 1. The predicted octanol–water partition coefficient (Wildman–Crippen LogP) is 4.34. The van der Waals surface area contributed by atoms with Gasteiger partial charge in [-0.2, -0.15) is 0 Å². The number of hydrogen-bond donors (Lipinski definition) is 1. The third-order valence-electron chi connectivity index (χ3n) is 5.12. The van der Waals surface area contributed by atoms with E-state index in [1.54, 1.807) is 0 Å². The number of benzene rings is 1. The lowest BCUT2D eigenvalue weighted by Gasteiger charge is -2.31. The molecule has 1 aliphatic rings. The Kier molecular flexibility index (Phi) is 9.54. The summed E-state index contributed by atoms with van der Waals surface area (Å²) >= 11 is 0. The highest BCUT2D eigenvalue weighted by molar-refractivity contribution is 14.0. The van der Waals surface area contributed by atoms with Gasteiger partial charge in [0.25, 0.3) is 0 Å². The van der Waals surface area contributed by atoms with Gasteiger partial charge in [-0.3, -0.25) is 4.99 Å². The minimum Gasteiger partial charge on any atom is -0.356 e. The molecule has 0 saturated carbocycles. The lowest BCUT2D eigenvalue weighted by molar-refractivity contribution is 0.375. The number of hydrogen-bond acceptors (Lipinski definition) is 2. The van der Waals surface area contributed by atoms with E-state index < -0.39 is 0 Å². The van der Waals surface area contributed by atoms with Crippen LogP contribution in [0, 0.1) is 6.92 Å². The minimum absolute atomic E-state index is 0. The van der Waals surface area contributed by atoms with Gasteiger partial charge in [-0.05, 0) is 38.2 Å². The van der Waals surface area contributed by atoms with Crippen molar-refractivity contribution < 1.29 is 0 Å². The first-order valence-corrected chi connectivity index (χ1v) is 9.94. The van der Waals surface area contributed by atoms with Crippen LogP contribution in [0.15, 0.2) is 53.3 Å². The average molecular weight is 493 g/mol. The monoisotopic (exact) mass is 493 g/mol. The minimum atomic E-state index is 0. The molecule has 0 spiro atoms. The first-order chi connectivity index (χ1) is 13.3. The number of piperidine rings is 1. The number of unbranched alkanes of at least 4 members (excludes halogenated alkanes) is 1. The summed E-state index contributed by atoms with van der Waals surface area (Å²) in [5, 5.41) is 3.53. The Bertz CT molecular complexity index is 756. The van der Waals surface area contributed by atoms with E-state index in [0.29, 0.717) is 0 Å². The van der Waals surface area contributed by atoms with E-state index in [9.17, 15) is 0 Å². The number of rotatable bonds is 6. The van der Waals surface area contributed by atoms with E-state index in [-0.39, 0.29) is 24.0 Å². The number of aromatic nitrogens is 2. The Hall–Kier alpha value is -1.83. The van der Waals surface area contributed by atoms with Crippen molar-refractivity contribution in [3.8, 4) is 0 Å². The van der Waals surface area contributed by atoms with Gasteiger partial charge in [0.15, 0.2) is 5.96 Å². The van der Waals surface area contributed by atoms with Gasteiger partial charge in [0.05, 0.1) is 0 Å². The molecule has 2 aromatic rings. The molecule has 0 bridgehead atoms. The molecule has 1 saturated heterocycles. The number of guanidine groups is 1. The van der Waals surface area contributed by atoms with Crippen LogP contribution < -0.4 is 5.32 Å². The molecule has 1 fully saturated rings. The summed E-state index contributed by atoms with van der Waals surface area (Å²) in [6.45, 7) is 6.11. The van der Waals surface area contributed by atoms with Crippen LogP contribution in [-0.4, -0.2) is 47.1 Å². The fourth-order valence-electron chi connectivity index (χ4n) is 3.51. The number of imidazole rings is 1. The summed E-state index contributed by atoms with van der Waals surface area (Å²) in [5.74, 6) is 2.12. The standard InChI is InChI=1S/C22H31N5.HI/c1-19-24-13-17-26(19)14-7-6-12-25-22(23-2)27-15-10-21(11-16-27)18-20-8-4-3-5-9-20;/h3-5,8-9,13,17-18H,6-7,10-12,14-16H2,1-2H3,(H,23,25);1H. The van der Waals surface area contributed by atoms with Crippen molar-refractivity contribution in [1.29, 1.82) is 0 Å². The smallest absolute Gasteiger partial charge is 0.193 e. The van der Waals surface area contributed by atoms with Crippen LogP contribution in [0.4, 0.5) is 0 Å². The van der Waals surface area contributed by atoms with Gasteiger partial charge in [0.2, 0.25) is 0 Å². The van der Waals surface area contributed by atoms with Gasteiger partial charge in [0, 0.05) is 45.6 Å². The van der Waals surface area contributed by atoms with Crippen LogP contribution >= 0.6 is 24.0 Å². The molecule has 1 aromatic heterocycles. The fraction of sp³-hybridized carbons (Fsp3) is 0.455. The van der Waals surface area contributed by atoms with Crippen molar-refractivity contribution >= 4 is 36.0 Å². The van der Waals surface area contributed by atoms with E-state index in [2.05, 4.69) is 74.3 Å². The maximum absolute atomic E-state index is 4.48. The van der Waals surface area contributed by atoms with Crippen molar-refractivity contribution in [3.63, 3.8) is 0 Å². The van der Waals surface area contributed by atoms with E-state index in [1.165, 1.54) is 11.1 Å². The van der Waals surface area contributed by atoms with Gasteiger partial charge in [-0.15, -0.1) is 24.0 Å². The second kappa shape index (κ2) is 11.9. The Balaban J connectivity index is 0.00000280. The highest BCUT2D eigenvalue weighted by atomic mass is 127. The normalized spacial score (nSPS) is 14.6. The molecule has 1 aromatic carbocycles. The molecule has 0 radical (unpaired) electrons. The van der Waals surface area contributed by atoms with Crippen LogP contribution in [0.3, 0.4) is 0 Å². The highest BCUT2D eigenvalue weighted by Gasteiger charge is 2.16. The molecule has 5 nitrogen and oxygen atoms in total. The maximum atomic E-state index is 4.48. The molecule has 0 unspecified atom stereocenters. The SMILES string of the molecule is CN=C(NCCCCn1ccnc1C)N1CCC(=Cc2ccccc2)CC1.I. The zero-order chi connectivity index (χ0) is 18.9. The second-order valence-corrected chi connectivity index (χ2v) is 7.05. The van der Waals surface area contributed by atoms with Crippen LogP contribution in [0.2, 0.25) is 0 Å². The third-order valence-corrected chi connectivity index (χ3v) is 5.12. The Labute approximate surface area is 186 Å². The van der Waals surface area contributed by atoms with Gasteiger partial charge in [-0.1, -0.05) is 42.0 Å². The van der Waals surface area contributed by atoms with Crippen molar-refractivity contribution in [2.75, 3.05) is 26.7 Å². The molecule has 1 N–H and O–H groups in total. The van der Waals surface area contributed by atoms with Crippen molar-refractivity contribution in [2.24, 2.45) is 4.99 Å². The zero-order valence-corrected chi connectivity index (χ0v) is 19.3. The molecule has 0 aliphatic carbocycles. The summed E-state index contributed by atoms with van der Waals surface area (Å²) in [6, 6.07) is 10.6. The fourth-order valence-corrected chi connectivity index (χ4v) is 3.51. The zero-order valence-electron chi connectivity index (χ0n) is 17.0. The number of nitrogens with one attached hydrogen (secondary N) is 1. The van der Waals surface area contributed by atoms with Crippen molar-refractivity contribution in [1.82, 2.24) is 19.8 Å². The van der Waals surface area contributed by atoms with Gasteiger partial charge < -0.3 is 14.8 Å². The Morgan fingerprint density at radius 2 is 1.93 bits per heavy atom. The number of aliphatic imine (C=N–C) groups is 1. The largest absolute Gasteiger partial charge is 0.356 e. The third kappa shape index (κ3) is 6.65. The van der Waals surface area contributed by atoms with E-state index >= 15 is 0 Å². The molecular formula is C22H32IN5. The number of halogens is 1.